The van der Waals surface area contributed by atoms with E-state index >= 15 is 0 Å². The number of halogens is 1. The van der Waals surface area contributed by atoms with Crippen molar-refractivity contribution in [3.05, 3.63) is 72.3 Å². The molecule has 3 rings (SSSR count). The molecule has 2 heterocycles. The van der Waals surface area contributed by atoms with Gasteiger partial charge in [-0.3, -0.25) is 9.67 Å². The molecule has 0 aliphatic carbocycles. The second-order valence-electron chi connectivity index (χ2n) is 4.24. The third-order valence-corrected chi connectivity index (χ3v) is 2.83. The summed E-state index contributed by atoms with van der Waals surface area (Å²) in [7, 11) is 0. The van der Waals surface area contributed by atoms with E-state index in [4.69, 9.17) is 0 Å². The highest BCUT2D eigenvalue weighted by atomic mass is 19.1. The van der Waals surface area contributed by atoms with Gasteiger partial charge < -0.3 is 0 Å². The first-order chi connectivity index (χ1) is 9.31. The molecule has 4 heteroatoms. The Labute approximate surface area is 110 Å². The molecule has 3 aromatic rings. The van der Waals surface area contributed by atoms with Gasteiger partial charge in [-0.25, -0.2) is 4.39 Å². The van der Waals surface area contributed by atoms with E-state index in [1.807, 2.05) is 35.1 Å². The molecule has 0 aliphatic rings. The predicted molar refractivity (Wildman–Crippen MR) is 71.0 cm³/mol. The molecule has 0 saturated carbocycles. The molecule has 0 saturated heterocycles. The maximum Gasteiger partial charge on any atom is 0.123 e. The van der Waals surface area contributed by atoms with Gasteiger partial charge in [-0.05, 0) is 35.9 Å². The van der Waals surface area contributed by atoms with Crippen molar-refractivity contribution in [2.24, 2.45) is 0 Å². The van der Waals surface area contributed by atoms with Crippen molar-refractivity contribution < 1.29 is 4.39 Å². The fourth-order valence-electron chi connectivity index (χ4n) is 1.88. The molecule has 0 unspecified atom stereocenters. The topological polar surface area (TPSA) is 30.7 Å². The Kier molecular flexibility index (Phi) is 3.06. The zero-order chi connectivity index (χ0) is 13.1. The molecule has 3 nitrogen and oxygen atoms in total. The smallest absolute Gasteiger partial charge is 0.123 e. The van der Waals surface area contributed by atoms with Crippen molar-refractivity contribution in [2.75, 3.05) is 0 Å². The van der Waals surface area contributed by atoms with Crippen LogP contribution < -0.4 is 0 Å². The summed E-state index contributed by atoms with van der Waals surface area (Å²) in [6.45, 7) is 0.618. The zero-order valence-electron chi connectivity index (χ0n) is 10.2. The van der Waals surface area contributed by atoms with Crippen LogP contribution in [0.15, 0.2) is 60.9 Å². The predicted octanol–water partition coefficient (Wildman–Crippen LogP) is 3.13. The second-order valence-corrected chi connectivity index (χ2v) is 4.24. The van der Waals surface area contributed by atoms with Gasteiger partial charge in [0, 0.05) is 12.4 Å². The quantitative estimate of drug-likeness (QED) is 0.718. The number of aromatic nitrogens is 3. The first-order valence-corrected chi connectivity index (χ1v) is 6.00. The Balaban J connectivity index is 1.80. The first kappa shape index (κ1) is 11.6. The van der Waals surface area contributed by atoms with Crippen molar-refractivity contribution in [2.45, 2.75) is 6.54 Å². The van der Waals surface area contributed by atoms with Gasteiger partial charge in [-0.2, -0.15) is 5.10 Å². The van der Waals surface area contributed by atoms with Crippen molar-refractivity contribution in [1.29, 1.82) is 0 Å². The monoisotopic (exact) mass is 253 g/mol. The van der Waals surface area contributed by atoms with E-state index in [1.165, 1.54) is 12.1 Å². The number of rotatable bonds is 3. The summed E-state index contributed by atoms with van der Waals surface area (Å²) < 4.78 is 14.6. The lowest BCUT2D eigenvalue weighted by atomic mass is 10.2. The average Bonchev–Trinajstić information content (AvgIpc) is 2.91. The number of benzene rings is 1. The van der Waals surface area contributed by atoms with Crippen molar-refractivity contribution >= 4 is 0 Å². The van der Waals surface area contributed by atoms with Crippen LogP contribution in [0.3, 0.4) is 0 Å². The van der Waals surface area contributed by atoms with Crippen LogP contribution in [-0.2, 0) is 6.54 Å². The molecule has 0 aliphatic heterocycles. The summed E-state index contributed by atoms with van der Waals surface area (Å²) in [5.41, 5.74) is 2.69. The van der Waals surface area contributed by atoms with Gasteiger partial charge in [-0.15, -0.1) is 0 Å². The molecule has 0 amide bonds. The summed E-state index contributed by atoms with van der Waals surface area (Å²) >= 11 is 0. The fourth-order valence-corrected chi connectivity index (χ4v) is 1.88. The summed E-state index contributed by atoms with van der Waals surface area (Å²) in [4.78, 5) is 4.26. The van der Waals surface area contributed by atoms with Crippen LogP contribution in [0, 0.1) is 5.82 Å². The zero-order valence-corrected chi connectivity index (χ0v) is 10.2. The van der Waals surface area contributed by atoms with E-state index in [1.54, 1.807) is 18.3 Å². The molecule has 0 spiro atoms. The standard InChI is InChI=1S/C15H12FN3/c16-13-6-4-12(5-7-13)11-19-10-8-15(18-19)14-3-1-2-9-17-14/h1-10H,11H2. The van der Waals surface area contributed by atoms with E-state index in [0.29, 0.717) is 6.54 Å². The van der Waals surface area contributed by atoms with Crippen molar-refractivity contribution in [3.63, 3.8) is 0 Å². The van der Waals surface area contributed by atoms with Gasteiger partial charge in [0.2, 0.25) is 0 Å². The number of hydrogen-bond donors (Lipinski definition) is 0. The maximum atomic E-state index is 12.8. The van der Waals surface area contributed by atoms with Crippen molar-refractivity contribution in [1.82, 2.24) is 14.8 Å². The Morgan fingerprint density at radius 3 is 2.53 bits per heavy atom. The largest absolute Gasteiger partial charge is 0.268 e. The Hall–Kier alpha value is -2.49. The lowest BCUT2D eigenvalue weighted by molar-refractivity contribution is 0.624. The Morgan fingerprint density at radius 1 is 0.947 bits per heavy atom. The van der Waals surface area contributed by atoms with Crippen molar-refractivity contribution in [3.8, 4) is 11.4 Å². The SMILES string of the molecule is Fc1ccc(Cn2ccc(-c3ccccn3)n2)cc1. The van der Waals surface area contributed by atoms with Gasteiger partial charge in [0.1, 0.15) is 11.5 Å². The number of hydrogen-bond acceptors (Lipinski definition) is 2. The lowest BCUT2D eigenvalue weighted by Crippen LogP contribution is -2.00. The van der Waals surface area contributed by atoms with Gasteiger partial charge >= 0.3 is 0 Å². The summed E-state index contributed by atoms with van der Waals surface area (Å²) in [5.74, 6) is -0.224. The molecule has 0 bridgehead atoms. The molecule has 2 aromatic heterocycles. The van der Waals surface area contributed by atoms with Gasteiger partial charge in [0.25, 0.3) is 0 Å². The van der Waals surface area contributed by atoms with Crippen LogP contribution in [-0.4, -0.2) is 14.8 Å². The van der Waals surface area contributed by atoms with E-state index in [0.717, 1.165) is 17.0 Å². The lowest BCUT2D eigenvalue weighted by Gasteiger charge is -2.01. The van der Waals surface area contributed by atoms with E-state index in [9.17, 15) is 4.39 Å². The highest BCUT2D eigenvalue weighted by Gasteiger charge is 2.03. The molecular weight excluding hydrogens is 241 g/mol. The fraction of sp³-hybridized carbons (Fsp3) is 0.0667. The highest BCUT2D eigenvalue weighted by molar-refractivity contribution is 5.52. The molecule has 0 fully saturated rings. The Morgan fingerprint density at radius 2 is 1.79 bits per heavy atom. The first-order valence-electron chi connectivity index (χ1n) is 6.00. The van der Waals surface area contributed by atoms with Crippen LogP contribution in [0.5, 0.6) is 0 Å². The number of nitrogens with zero attached hydrogens (tertiary/aromatic N) is 3. The van der Waals surface area contributed by atoms with Gasteiger partial charge in [0.15, 0.2) is 0 Å². The van der Waals surface area contributed by atoms with Crippen LogP contribution >= 0.6 is 0 Å². The normalized spacial score (nSPS) is 10.6. The minimum atomic E-state index is -0.224. The average molecular weight is 253 g/mol. The summed E-state index contributed by atoms with van der Waals surface area (Å²) in [6, 6.07) is 14.1. The minimum absolute atomic E-state index is 0.224. The van der Waals surface area contributed by atoms with E-state index < -0.39 is 0 Å². The molecule has 0 radical (unpaired) electrons. The van der Waals surface area contributed by atoms with Crippen LogP contribution in [0.2, 0.25) is 0 Å². The second kappa shape index (κ2) is 5.02. The van der Waals surface area contributed by atoms with Gasteiger partial charge in [0.05, 0.1) is 12.2 Å². The third kappa shape index (κ3) is 2.68. The molecule has 0 N–H and O–H groups in total. The number of pyridine rings is 1. The van der Waals surface area contributed by atoms with E-state index in [-0.39, 0.29) is 5.82 Å². The molecule has 19 heavy (non-hydrogen) atoms. The molecular formula is C15H12FN3. The molecule has 1 aromatic carbocycles. The maximum absolute atomic E-state index is 12.8. The molecule has 0 atom stereocenters. The van der Waals surface area contributed by atoms with E-state index in [2.05, 4.69) is 10.1 Å². The summed E-state index contributed by atoms with van der Waals surface area (Å²) in [5, 5.41) is 4.46. The van der Waals surface area contributed by atoms with Crippen LogP contribution in [0.4, 0.5) is 4.39 Å². The highest BCUT2D eigenvalue weighted by Crippen LogP contribution is 2.13. The summed E-state index contributed by atoms with van der Waals surface area (Å²) in [6.07, 6.45) is 3.64. The molecule has 94 valence electrons. The minimum Gasteiger partial charge on any atom is -0.268 e. The third-order valence-electron chi connectivity index (χ3n) is 2.83. The van der Waals surface area contributed by atoms with Gasteiger partial charge in [-0.1, -0.05) is 18.2 Å². The van der Waals surface area contributed by atoms with Crippen LogP contribution in [0.25, 0.3) is 11.4 Å². The van der Waals surface area contributed by atoms with Crippen LogP contribution in [0.1, 0.15) is 5.56 Å². The Bertz CT molecular complexity index is 659.